The van der Waals surface area contributed by atoms with Crippen LogP contribution >= 0.6 is 0 Å². The van der Waals surface area contributed by atoms with E-state index in [1.54, 1.807) is 10.9 Å². The molecular formula is C8H12N2O2. The van der Waals surface area contributed by atoms with Gasteiger partial charge in [0, 0.05) is 6.61 Å². The van der Waals surface area contributed by atoms with Gasteiger partial charge in [-0.15, -0.1) is 0 Å². The lowest BCUT2D eigenvalue weighted by Crippen LogP contribution is -2.18. The second-order valence-corrected chi connectivity index (χ2v) is 3.00. The Kier molecular flexibility index (Phi) is 1.99. The lowest BCUT2D eigenvalue weighted by Gasteiger charge is -2.22. The van der Waals surface area contributed by atoms with Crippen molar-refractivity contribution in [1.29, 1.82) is 0 Å². The van der Waals surface area contributed by atoms with Crippen LogP contribution in [0.4, 0.5) is 0 Å². The van der Waals surface area contributed by atoms with Crippen LogP contribution < -0.4 is 0 Å². The van der Waals surface area contributed by atoms with Gasteiger partial charge in [0.1, 0.15) is 6.23 Å². The highest BCUT2D eigenvalue weighted by atomic mass is 16.5. The molecule has 12 heavy (non-hydrogen) atoms. The highest BCUT2D eigenvalue weighted by Crippen LogP contribution is 2.22. The highest BCUT2D eigenvalue weighted by molar-refractivity contribution is 5.08. The molecule has 0 amide bonds. The molecule has 1 atom stereocenters. The van der Waals surface area contributed by atoms with E-state index in [0.717, 1.165) is 19.4 Å². The van der Waals surface area contributed by atoms with Crippen molar-refractivity contribution in [3.63, 3.8) is 0 Å². The Morgan fingerprint density at radius 2 is 2.50 bits per heavy atom. The fourth-order valence-corrected chi connectivity index (χ4v) is 1.42. The number of hydrogen-bond acceptors (Lipinski definition) is 3. The summed E-state index contributed by atoms with van der Waals surface area (Å²) in [6, 6.07) is 0. The van der Waals surface area contributed by atoms with Gasteiger partial charge >= 0.3 is 0 Å². The third-order valence-corrected chi connectivity index (χ3v) is 2.04. The van der Waals surface area contributed by atoms with Crippen molar-refractivity contribution < 1.29 is 9.84 Å². The maximum absolute atomic E-state index is 9.04. The van der Waals surface area contributed by atoms with Gasteiger partial charge in [0.25, 0.3) is 0 Å². The first-order valence-corrected chi connectivity index (χ1v) is 4.21. The SMILES string of the molecule is Oc1cnn([C@H]2CCCCO2)c1. The summed E-state index contributed by atoms with van der Waals surface area (Å²) in [5, 5.41) is 13.0. The van der Waals surface area contributed by atoms with E-state index >= 15 is 0 Å². The number of ether oxygens (including phenoxy) is 1. The van der Waals surface area contributed by atoms with Crippen LogP contribution in [0.2, 0.25) is 0 Å². The van der Waals surface area contributed by atoms with E-state index in [9.17, 15) is 0 Å². The molecule has 2 heterocycles. The molecule has 0 spiro atoms. The molecule has 0 unspecified atom stereocenters. The van der Waals surface area contributed by atoms with Crippen molar-refractivity contribution in [2.75, 3.05) is 6.61 Å². The van der Waals surface area contributed by atoms with E-state index in [-0.39, 0.29) is 12.0 Å². The maximum Gasteiger partial charge on any atom is 0.153 e. The van der Waals surface area contributed by atoms with Crippen molar-refractivity contribution in [2.24, 2.45) is 0 Å². The molecular weight excluding hydrogens is 156 g/mol. The van der Waals surface area contributed by atoms with Gasteiger partial charge in [-0.2, -0.15) is 5.10 Å². The average molecular weight is 168 g/mol. The first kappa shape index (κ1) is 7.61. The first-order valence-electron chi connectivity index (χ1n) is 4.21. The molecule has 1 N–H and O–H groups in total. The first-order chi connectivity index (χ1) is 5.86. The normalized spacial score (nSPS) is 24.2. The van der Waals surface area contributed by atoms with Crippen LogP contribution in [0, 0.1) is 0 Å². The second-order valence-electron chi connectivity index (χ2n) is 3.00. The smallest absolute Gasteiger partial charge is 0.153 e. The molecule has 0 radical (unpaired) electrons. The van der Waals surface area contributed by atoms with E-state index in [1.807, 2.05) is 0 Å². The minimum absolute atomic E-state index is 0.0275. The van der Waals surface area contributed by atoms with E-state index in [0.29, 0.717) is 0 Å². The second kappa shape index (κ2) is 3.15. The number of hydrogen-bond donors (Lipinski definition) is 1. The third kappa shape index (κ3) is 1.43. The zero-order valence-corrected chi connectivity index (χ0v) is 6.81. The summed E-state index contributed by atoms with van der Waals surface area (Å²) in [4.78, 5) is 0. The summed E-state index contributed by atoms with van der Waals surface area (Å²) >= 11 is 0. The fourth-order valence-electron chi connectivity index (χ4n) is 1.42. The van der Waals surface area contributed by atoms with Crippen molar-refractivity contribution in [1.82, 2.24) is 9.78 Å². The summed E-state index contributed by atoms with van der Waals surface area (Å²) in [7, 11) is 0. The Morgan fingerprint density at radius 1 is 1.58 bits per heavy atom. The van der Waals surface area contributed by atoms with Gasteiger partial charge in [-0.1, -0.05) is 0 Å². The molecule has 1 aromatic heterocycles. The summed E-state index contributed by atoms with van der Waals surface area (Å²) in [5.41, 5.74) is 0. The largest absolute Gasteiger partial charge is 0.505 e. The van der Waals surface area contributed by atoms with Crippen LogP contribution in [0.5, 0.6) is 5.75 Å². The zero-order chi connectivity index (χ0) is 8.39. The lowest BCUT2D eigenvalue weighted by molar-refractivity contribution is -0.0395. The van der Waals surface area contributed by atoms with Crippen molar-refractivity contribution in [2.45, 2.75) is 25.5 Å². The lowest BCUT2D eigenvalue weighted by atomic mass is 10.2. The van der Waals surface area contributed by atoms with Gasteiger partial charge in [0.2, 0.25) is 0 Å². The van der Waals surface area contributed by atoms with Crippen LogP contribution in [-0.4, -0.2) is 21.5 Å². The predicted molar refractivity (Wildman–Crippen MR) is 42.7 cm³/mol. The molecule has 1 aromatic rings. The number of nitrogens with zero attached hydrogens (tertiary/aromatic N) is 2. The number of aromatic nitrogens is 2. The van der Waals surface area contributed by atoms with E-state index in [1.165, 1.54) is 12.6 Å². The number of aromatic hydroxyl groups is 1. The Hall–Kier alpha value is -1.03. The monoisotopic (exact) mass is 168 g/mol. The molecule has 2 rings (SSSR count). The van der Waals surface area contributed by atoms with Crippen molar-refractivity contribution in [3.8, 4) is 5.75 Å². The van der Waals surface area contributed by atoms with Gasteiger partial charge in [0.05, 0.1) is 12.4 Å². The molecule has 1 fully saturated rings. The fraction of sp³-hybridized carbons (Fsp3) is 0.625. The van der Waals surface area contributed by atoms with Gasteiger partial charge in [0.15, 0.2) is 5.75 Å². The van der Waals surface area contributed by atoms with Gasteiger partial charge in [-0.25, -0.2) is 4.68 Å². The Labute approximate surface area is 70.8 Å². The van der Waals surface area contributed by atoms with Gasteiger partial charge < -0.3 is 9.84 Å². The highest BCUT2D eigenvalue weighted by Gasteiger charge is 2.15. The van der Waals surface area contributed by atoms with E-state index in [2.05, 4.69) is 5.10 Å². The molecule has 4 nitrogen and oxygen atoms in total. The summed E-state index contributed by atoms with van der Waals surface area (Å²) < 4.78 is 7.14. The molecule has 0 saturated carbocycles. The van der Waals surface area contributed by atoms with Crippen LogP contribution in [0.15, 0.2) is 12.4 Å². The maximum atomic E-state index is 9.04. The minimum Gasteiger partial charge on any atom is -0.505 e. The van der Waals surface area contributed by atoms with Gasteiger partial charge in [-0.05, 0) is 19.3 Å². The number of rotatable bonds is 1. The Morgan fingerprint density at radius 3 is 3.08 bits per heavy atom. The van der Waals surface area contributed by atoms with Crippen LogP contribution in [-0.2, 0) is 4.74 Å². The molecule has 0 aromatic carbocycles. The van der Waals surface area contributed by atoms with Crippen molar-refractivity contribution in [3.05, 3.63) is 12.4 Å². The Balaban J connectivity index is 2.08. The van der Waals surface area contributed by atoms with Crippen molar-refractivity contribution >= 4 is 0 Å². The van der Waals surface area contributed by atoms with Crippen LogP contribution in [0.25, 0.3) is 0 Å². The molecule has 66 valence electrons. The molecule has 1 saturated heterocycles. The summed E-state index contributed by atoms with van der Waals surface area (Å²) in [5.74, 6) is 0.198. The van der Waals surface area contributed by atoms with Crippen LogP contribution in [0.1, 0.15) is 25.5 Å². The third-order valence-electron chi connectivity index (χ3n) is 2.04. The van der Waals surface area contributed by atoms with Gasteiger partial charge in [-0.3, -0.25) is 0 Å². The van der Waals surface area contributed by atoms with E-state index in [4.69, 9.17) is 9.84 Å². The topological polar surface area (TPSA) is 47.3 Å². The van der Waals surface area contributed by atoms with E-state index < -0.39 is 0 Å². The standard InChI is InChI=1S/C8H12N2O2/c11-7-5-9-10(6-7)8-3-1-2-4-12-8/h5-6,8,11H,1-4H2/t8-/m1/s1. The average Bonchev–Trinajstić information content (AvgIpc) is 2.54. The quantitative estimate of drug-likeness (QED) is 0.687. The molecule has 1 aliphatic rings. The molecule has 4 heteroatoms. The zero-order valence-electron chi connectivity index (χ0n) is 6.81. The minimum atomic E-state index is 0.0275. The van der Waals surface area contributed by atoms with Crippen LogP contribution in [0.3, 0.4) is 0 Å². The Bertz CT molecular complexity index is 253. The summed E-state index contributed by atoms with van der Waals surface area (Å²) in [6.45, 7) is 0.797. The molecule has 0 aliphatic carbocycles. The molecule has 1 aliphatic heterocycles. The predicted octanol–water partition coefficient (Wildman–Crippen LogP) is 1.29. The summed E-state index contributed by atoms with van der Waals surface area (Å²) in [6.07, 6.45) is 6.34. The molecule has 0 bridgehead atoms.